The Morgan fingerprint density at radius 3 is 2.93 bits per heavy atom. The highest BCUT2D eigenvalue weighted by atomic mass is 16.5. The molecule has 0 amide bonds. The van der Waals surface area contributed by atoms with Crippen LogP contribution in [-0.2, 0) is 11.5 Å². The Labute approximate surface area is 88.6 Å². The van der Waals surface area contributed by atoms with Gasteiger partial charge in [-0.3, -0.25) is 4.98 Å². The Morgan fingerprint density at radius 1 is 1.27 bits per heavy atom. The SMILES string of the molecule is CCOCn1ccnc1-c1ccccn1. The fourth-order valence-electron chi connectivity index (χ4n) is 1.33. The Morgan fingerprint density at radius 2 is 2.20 bits per heavy atom. The molecule has 0 saturated carbocycles. The van der Waals surface area contributed by atoms with Crippen LogP contribution in [0.4, 0.5) is 0 Å². The van der Waals surface area contributed by atoms with Crippen molar-refractivity contribution in [2.24, 2.45) is 0 Å². The fourth-order valence-corrected chi connectivity index (χ4v) is 1.33. The van der Waals surface area contributed by atoms with Gasteiger partial charge < -0.3 is 9.30 Å². The molecule has 2 heterocycles. The average molecular weight is 203 g/mol. The fraction of sp³-hybridized carbons (Fsp3) is 0.273. The van der Waals surface area contributed by atoms with E-state index >= 15 is 0 Å². The molecule has 0 aliphatic heterocycles. The molecule has 0 N–H and O–H groups in total. The molecule has 0 saturated heterocycles. The number of imidazole rings is 1. The van der Waals surface area contributed by atoms with Gasteiger partial charge in [0, 0.05) is 25.2 Å². The molecule has 0 fully saturated rings. The molecule has 4 nitrogen and oxygen atoms in total. The summed E-state index contributed by atoms with van der Waals surface area (Å²) in [5.74, 6) is 0.837. The zero-order valence-electron chi connectivity index (χ0n) is 8.63. The van der Waals surface area contributed by atoms with E-state index < -0.39 is 0 Å². The number of ether oxygens (including phenoxy) is 1. The van der Waals surface area contributed by atoms with Gasteiger partial charge in [0.2, 0.25) is 0 Å². The highest BCUT2D eigenvalue weighted by Gasteiger charge is 2.05. The number of aromatic nitrogens is 3. The Kier molecular flexibility index (Phi) is 3.09. The van der Waals surface area contributed by atoms with Crippen LogP contribution in [0.15, 0.2) is 36.8 Å². The maximum atomic E-state index is 5.34. The smallest absolute Gasteiger partial charge is 0.160 e. The summed E-state index contributed by atoms with van der Waals surface area (Å²) in [4.78, 5) is 8.51. The van der Waals surface area contributed by atoms with Crippen LogP contribution in [0.25, 0.3) is 11.5 Å². The van der Waals surface area contributed by atoms with E-state index in [-0.39, 0.29) is 0 Å². The summed E-state index contributed by atoms with van der Waals surface area (Å²) in [6.45, 7) is 3.18. The lowest BCUT2D eigenvalue weighted by atomic mass is 10.3. The number of pyridine rings is 1. The van der Waals surface area contributed by atoms with E-state index in [1.165, 1.54) is 0 Å². The predicted molar refractivity (Wildman–Crippen MR) is 57.1 cm³/mol. The lowest BCUT2D eigenvalue weighted by Crippen LogP contribution is -2.03. The monoisotopic (exact) mass is 203 g/mol. The van der Waals surface area contributed by atoms with Gasteiger partial charge >= 0.3 is 0 Å². The third kappa shape index (κ3) is 2.22. The highest BCUT2D eigenvalue weighted by Crippen LogP contribution is 2.13. The third-order valence-electron chi connectivity index (χ3n) is 2.04. The van der Waals surface area contributed by atoms with Crippen LogP contribution in [0.5, 0.6) is 0 Å². The Balaban J connectivity index is 2.25. The summed E-state index contributed by atoms with van der Waals surface area (Å²) < 4.78 is 7.27. The molecule has 0 unspecified atom stereocenters. The molecule has 0 bridgehead atoms. The number of hydrogen-bond acceptors (Lipinski definition) is 3. The zero-order valence-corrected chi connectivity index (χ0v) is 8.63. The van der Waals surface area contributed by atoms with Crippen LogP contribution in [0.2, 0.25) is 0 Å². The minimum absolute atomic E-state index is 0.516. The first-order valence-electron chi connectivity index (χ1n) is 4.92. The minimum atomic E-state index is 0.516. The predicted octanol–water partition coefficient (Wildman–Crippen LogP) is 1.94. The van der Waals surface area contributed by atoms with Gasteiger partial charge in [0.05, 0.1) is 0 Å². The Hall–Kier alpha value is -1.68. The molecule has 2 rings (SSSR count). The van der Waals surface area contributed by atoms with E-state index in [0.717, 1.165) is 11.5 Å². The van der Waals surface area contributed by atoms with E-state index in [1.54, 1.807) is 12.4 Å². The first-order valence-corrected chi connectivity index (χ1v) is 4.92. The van der Waals surface area contributed by atoms with Crippen molar-refractivity contribution in [1.29, 1.82) is 0 Å². The molecule has 0 atom stereocenters. The summed E-state index contributed by atoms with van der Waals surface area (Å²) in [7, 11) is 0. The van der Waals surface area contributed by atoms with E-state index in [9.17, 15) is 0 Å². The summed E-state index contributed by atoms with van der Waals surface area (Å²) in [5.41, 5.74) is 0.863. The second-order valence-corrected chi connectivity index (χ2v) is 3.06. The van der Waals surface area contributed by atoms with Crippen molar-refractivity contribution in [2.45, 2.75) is 13.7 Å². The van der Waals surface area contributed by atoms with Crippen molar-refractivity contribution < 1.29 is 4.74 Å². The van der Waals surface area contributed by atoms with E-state index in [0.29, 0.717) is 13.3 Å². The molecule has 0 aromatic carbocycles. The molecule has 0 radical (unpaired) electrons. The van der Waals surface area contributed by atoms with Gasteiger partial charge in [-0.15, -0.1) is 0 Å². The lowest BCUT2D eigenvalue weighted by molar-refractivity contribution is 0.0889. The molecule has 2 aromatic heterocycles. The molecule has 15 heavy (non-hydrogen) atoms. The summed E-state index contributed by atoms with van der Waals surface area (Å²) in [6.07, 6.45) is 5.40. The van der Waals surface area contributed by atoms with Crippen molar-refractivity contribution >= 4 is 0 Å². The second-order valence-electron chi connectivity index (χ2n) is 3.06. The number of nitrogens with zero attached hydrogens (tertiary/aromatic N) is 3. The molecule has 0 aliphatic carbocycles. The van der Waals surface area contributed by atoms with Crippen LogP contribution in [-0.4, -0.2) is 21.1 Å². The first kappa shape index (κ1) is 9.86. The van der Waals surface area contributed by atoms with E-state index in [1.807, 2.05) is 35.9 Å². The summed E-state index contributed by atoms with van der Waals surface area (Å²) in [5, 5.41) is 0. The Bertz CT molecular complexity index is 411. The van der Waals surface area contributed by atoms with Gasteiger partial charge in [-0.1, -0.05) is 6.07 Å². The van der Waals surface area contributed by atoms with Gasteiger partial charge in [0.1, 0.15) is 12.4 Å². The number of rotatable bonds is 4. The van der Waals surface area contributed by atoms with E-state index in [4.69, 9.17) is 4.74 Å². The maximum absolute atomic E-state index is 5.34. The minimum Gasteiger partial charge on any atom is -0.361 e. The van der Waals surface area contributed by atoms with Crippen LogP contribution in [0, 0.1) is 0 Å². The topological polar surface area (TPSA) is 39.9 Å². The van der Waals surface area contributed by atoms with Gasteiger partial charge in [0.15, 0.2) is 5.82 Å². The van der Waals surface area contributed by atoms with Gasteiger partial charge in [-0.25, -0.2) is 4.98 Å². The first-order chi connectivity index (χ1) is 7.42. The normalized spacial score (nSPS) is 10.5. The van der Waals surface area contributed by atoms with Crippen molar-refractivity contribution in [3.63, 3.8) is 0 Å². The third-order valence-corrected chi connectivity index (χ3v) is 2.04. The molecule has 0 aliphatic rings. The van der Waals surface area contributed by atoms with Gasteiger partial charge in [0.25, 0.3) is 0 Å². The molecule has 78 valence electrons. The maximum Gasteiger partial charge on any atom is 0.160 e. The molecule has 4 heteroatoms. The molecule has 0 spiro atoms. The average Bonchev–Trinajstić information content (AvgIpc) is 2.75. The van der Waals surface area contributed by atoms with Gasteiger partial charge in [-0.2, -0.15) is 0 Å². The largest absolute Gasteiger partial charge is 0.361 e. The van der Waals surface area contributed by atoms with Crippen LogP contribution in [0.3, 0.4) is 0 Å². The van der Waals surface area contributed by atoms with Crippen LogP contribution < -0.4 is 0 Å². The van der Waals surface area contributed by atoms with Crippen LogP contribution in [0.1, 0.15) is 6.92 Å². The standard InChI is InChI=1S/C11H13N3O/c1-2-15-9-14-8-7-13-11(14)10-5-3-4-6-12-10/h3-8H,2,9H2,1H3. The lowest BCUT2D eigenvalue weighted by Gasteiger charge is -2.06. The quantitative estimate of drug-likeness (QED) is 0.762. The summed E-state index contributed by atoms with van der Waals surface area (Å²) in [6, 6.07) is 5.77. The van der Waals surface area contributed by atoms with Crippen molar-refractivity contribution in [3.8, 4) is 11.5 Å². The second kappa shape index (κ2) is 4.70. The van der Waals surface area contributed by atoms with E-state index in [2.05, 4.69) is 9.97 Å². The molecular weight excluding hydrogens is 190 g/mol. The summed E-state index contributed by atoms with van der Waals surface area (Å²) >= 11 is 0. The highest BCUT2D eigenvalue weighted by molar-refractivity contribution is 5.48. The van der Waals surface area contributed by atoms with Gasteiger partial charge in [-0.05, 0) is 19.1 Å². The van der Waals surface area contributed by atoms with Crippen molar-refractivity contribution in [1.82, 2.24) is 14.5 Å². The van der Waals surface area contributed by atoms with Crippen molar-refractivity contribution in [2.75, 3.05) is 6.61 Å². The molecular formula is C11H13N3O. The van der Waals surface area contributed by atoms with Crippen molar-refractivity contribution in [3.05, 3.63) is 36.8 Å². The zero-order chi connectivity index (χ0) is 10.5. The van der Waals surface area contributed by atoms with Crippen LogP contribution >= 0.6 is 0 Å². The molecule has 2 aromatic rings. The number of hydrogen-bond donors (Lipinski definition) is 0.